The molecule has 0 saturated heterocycles. The average Bonchev–Trinajstić information content (AvgIpc) is 2.37. The van der Waals surface area contributed by atoms with Crippen molar-refractivity contribution < 1.29 is 49.1 Å². The molecule has 0 radical (unpaired) electrons. The van der Waals surface area contributed by atoms with Crippen molar-refractivity contribution in [2.24, 2.45) is 5.41 Å². The molecule has 0 aliphatic heterocycles. The second kappa shape index (κ2) is 8.02. The second-order valence-corrected chi connectivity index (χ2v) is 12.5. The molecule has 0 bridgehead atoms. The first-order chi connectivity index (χ1) is 12.3. The summed E-state index contributed by atoms with van der Waals surface area (Å²) in [7, 11) is -11.5. The lowest BCUT2D eigenvalue weighted by atomic mass is 9.90. The minimum absolute atomic E-state index is 0.195. The summed E-state index contributed by atoms with van der Waals surface area (Å²) in [5, 5.41) is 0. The zero-order valence-electron chi connectivity index (χ0n) is 17.4. The molecule has 0 N–H and O–H groups in total. The first kappa shape index (κ1) is 27.6. The number of rotatable bonds is 6. The molecule has 0 atom stereocenters. The predicted molar refractivity (Wildman–Crippen MR) is 96.3 cm³/mol. The molecule has 9 nitrogen and oxygen atoms in total. The summed E-state index contributed by atoms with van der Waals surface area (Å²) in [5.41, 5.74) is -11.2. The Morgan fingerprint density at radius 3 is 1.31 bits per heavy atom. The Kier molecular flexibility index (Phi) is 7.63. The van der Waals surface area contributed by atoms with Crippen molar-refractivity contribution in [3.63, 3.8) is 0 Å². The predicted octanol–water partition coefficient (Wildman–Crippen LogP) is 1.79. The van der Waals surface area contributed by atoms with Crippen molar-refractivity contribution in [3.8, 4) is 0 Å². The molecule has 29 heavy (non-hydrogen) atoms. The molecule has 0 aromatic heterocycles. The van der Waals surface area contributed by atoms with Gasteiger partial charge in [-0.05, 0) is 48.5 Å². The van der Waals surface area contributed by atoms with Crippen LogP contribution in [0.3, 0.4) is 0 Å². The monoisotopic (exact) mass is 469 g/mol. The third-order valence-corrected chi connectivity index (χ3v) is 6.59. The molecule has 0 saturated carbocycles. The number of hydrogen-bond acceptors (Lipinski definition) is 8. The van der Waals surface area contributed by atoms with Gasteiger partial charge in [-0.3, -0.25) is 9.59 Å². The van der Waals surface area contributed by atoms with Crippen molar-refractivity contribution in [2.45, 2.75) is 65.2 Å². The zero-order chi connectivity index (χ0) is 23.9. The first-order valence-corrected chi connectivity index (χ1v) is 11.4. The fourth-order valence-electron chi connectivity index (χ4n) is 1.75. The Bertz CT molecular complexity index is 821. The maximum absolute atomic E-state index is 13.0. The zero-order valence-corrected chi connectivity index (χ0v) is 19.0. The molecule has 0 aliphatic rings. The molecule has 0 amide bonds. The Morgan fingerprint density at radius 1 is 0.793 bits per heavy atom. The topological polar surface area (TPSA) is 124 Å². The van der Waals surface area contributed by atoms with Crippen molar-refractivity contribution >= 4 is 32.0 Å². The van der Waals surface area contributed by atoms with E-state index in [1.165, 1.54) is 41.5 Å². The maximum atomic E-state index is 13.0. The van der Waals surface area contributed by atoms with E-state index in [1.807, 2.05) is 0 Å². The SMILES string of the molecule is CC(C)(C)OC(=O)C(C)(CN(S(C)(=O)=O)S(=O)(=O)C(F)(F)F)C(=O)OC(C)(C)C. The minimum atomic E-state index is -6.45. The van der Waals surface area contributed by atoms with Gasteiger partial charge in [0.1, 0.15) is 11.2 Å². The van der Waals surface area contributed by atoms with Crippen LogP contribution in [-0.4, -0.2) is 62.0 Å². The van der Waals surface area contributed by atoms with Gasteiger partial charge in [-0.1, -0.05) is 3.71 Å². The van der Waals surface area contributed by atoms with Crippen LogP contribution in [0.2, 0.25) is 0 Å². The highest BCUT2D eigenvalue weighted by molar-refractivity contribution is 8.04. The molecule has 0 fully saturated rings. The summed E-state index contributed by atoms with van der Waals surface area (Å²) >= 11 is 0. The lowest BCUT2D eigenvalue weighted by Gasteiger charge is -2.34. The number of carbonyl (C=O) groups is 2. The molecule has 0 unspecified atom stereocenters. The van der Waals surface area contributed by atoms with Gasteiger partial charge in [0.2, 0.25) is 10.0 Å². The van der Waals surface area contributed by atoms with Crippen molar-refractivity contribution in [1.82, 2.24) is 3.71 Å². The van der Waals surface area contributed by atoms with Crippen molar-refractivity contribution in [1.29, 1.82) is 0 Å². The van der Waals surface area contributed by atoms with E-state index >= 15 is 0 Å². The Balaban J connectivity index is 6.60. The second-order valence-electron chi connectivity index (χ2n) is 8.48. The lowest BCUT2D eigenvalue weighted by molar-refractivity contribution is -0.184. The van der Waals surface area contributed by atoms with Crippen LogP contribution in [0.25, 0.3) is 0 Å². The van der Waals surface area contributed by atoms with Crippen LogP contribution < -0.4 is 0 Å². The minimum Gasteiger partial charge on any atom is -0.459 e. The number of carbonyl (C=O) groups excluding carboxylic acids is 2. The van der Waals surface area contributed by atoms with E-state index in [0.29, 0.717) is 0 Å². The van der Waals surface area contributed by atoms with E-state index in [9.17, 15) is 39.6 Å². The van der Waals surface area contributed by atoms with Gasteiger partial charge in [0.05, 0.1) is 12.8 Å². The highest BCUT2D eigenvalue weighted by Gasteiger charge is 2.58. The van der Waals surface area contributed by atoms with Gasteiger partial charge in [-0.2, -0.15) is 13.2 Å². The van der Waals surface area contributed by atoms with E-state index in [1.54, 1.807) is 0 Å². The number of hydrogen-bond donors (Lipinski definition) is 0. The van der Waals surface area contributed by atoms with Crippen molar-refractivity contribution in [3.05, 3.63) is 0 Å². The van der Waals surface area contributed by atoms with Crippen LogP contribution in [0.15, 0.2) is 0 Å². The van der Waals surface area contributed by atoms with E-state index in [2.05, 4.69) is 0 Å². The van der Waals surface area contributed by atoms with Gasteiger partial charge >= 0.3 is 27.5 Å². The molecular formula is C15H26F3NO8S2. The van der Waals surface area contributed by atoms with Gasteiger partial charge in [0, 0.05) is 0 Å². The third-order valence-electron chi connectivity index (χ3n) is 3.07. The normalized spacial score (nSPS) is 14.6. The highest BCUT2D eigenvalue weighted by Crippen LogP contribution is 2.34. The molecule has 0 heterocycles. The Hall–Kier alpha value is -1.41. The largest absolute Gasteiger partial charge is 0.512 e. The lowest BCUT2D eigenvalue weighted by Crippen LogP contribution is -2.55. The molecule has 0 spiro atoms. The number of esters is 2. The van der Waals surface area contributed by atoms with E-state index < -0.39 is 64.4 Å². The molecule has 0 rings (SSSR count). The molecular weight excluding hydrogens is 443 g/mol. The quantitative estimate of drug-likeness (QED) is 0.426. The van der Waals surface area contributed by atoms with E-state index in [-0.39, 0.29) is 6.26 Å². The maximum Gasteiger partial charge on any atom is 0.512 e. The number of ether oxygens (including phenoxy) is 2. The number of halogens is 3. The van der Waals surface area contributed by atoms with Gasteiger partial charge in [0.15, 0.2) is 5.41 Å². The molecule has 0 aromatic carbocycles. The van der Waals surface area contributed by atoms with Crippen LogP contribution in [0.5, 0.6) is 0 Å². The summed E-state index contributed by atoms with van der Waals surface area (Å²) in [4.78, 5) is 25.3. The molecule has 0 aromatic rings. The number of alkyl halides is 3. The standard InChI is InChI=1S/C15H26F3NO8S2/c1-12(2,3)26-10(20)14(7,11(21)27-13(4,5)6)9-19(28(8,22)23)29(24,25)15(16,17)18/h9H2,1-8H3. The van der Waals surface area contributed by atoms with Crippen LogP contribution in [0, 0.1) is 5.41 Å². The highest BCUT2D eigenvalue weighted by atomic mass is 32.3. The van der Waals surface area contributed by atoms with Gasteiger partial charge in [-0.15, -0.1) is 0 Å². The molecule has 14 heteroatoms. The molecule has 172 valence electrons. The van der Waals surface area contributed by atoms with Crippen LogP contribution >= 0.6 is 0 Å². The third kappa shape index (κ3) is 7.41. The number of sulfonamides is 2. The summed E-state index contributed by atoms with van der Waals surface area (Å²) < 4.78 is 95.4. The fourth-order valence-corrected chi connectivity index (χ4v) is 4.58. The molecule has 0 aliphatic carbocycles. The average molecular weight is 470 g/mol. The summed E-state index contributed by atoms with van der Waals surface area (Å²) in [6.45, 7) is 7.39. The van der Waals surface area contributed by atoms with E-state index in [0.717, 1.165) is 6.92 Å². The van der Waals surface area contributed by atoms with Gasteiger partial charge in [-0.25, -0.2) is 16.8 Å². The number of nitrogens with zero attached hydrogens (tertiary/aromatic N) is 1. The van der Waals surface area contributed by atoms with Crippen LogP contribution in [0.4, 0.5) is 13.2 Å². The van der Waals surface area contributed by atoms with Crippen LogP contribution in [0.1, 0.15) is 48.5 Å². The smallest absolute Gasteiger partial charge is 0.459 e. The Morgan fingerprint density at radius 2 is 1.10 bits per heavy atom. The van der Waals surface area contributed by atoms with Gasteiger partial charge in [0.25, 0.3) is 0 Å². The summed E-state index contributed by atoms with van der Waals surface area (Å²) in [6.07, 6.45) is 0.195. The summed E-state index contributed by atoms with van der Waals surface area (Å²) in [5.74, 6) is -2.91. The van der Waals surface area contributed by atoms with Crippen molar-refractivity contribution in [2.75, 3.05) is 12.8 Å². The fraction of sp³-hybridized carbons (Fsp3) is 0.867. The first-order valence-electron chi connectivity index (χ1n) is 8.11. The van der Waals surface area contributed by atoms with Crippen LogP contribution in [-0.2, 0) is 39.1 Å². The Labute approximate surface area is 168 Å². The summed E-state index contributed by atoms with van der Waals surface area (Å²) in [6, 6.07) is 0. The van der Waals surface area contributed by atoms with E-state index in [4.69, 9.17) is 9.47 Å². The van der Waals surface area contributed by atoms with Gasteiger partial charge < -0.3 is 9.47 Å².